The molecule has 1 aromatic rings. The lowest BCUT2D eigenvalue weighted by atomic mass is 10.2. The maximum absolute atomic E-state index is 12.5. The summed E-state index contributed by atoms with van der Waals surface area (Å²) in [7, 11) is -3.42. The Hall–Kier alpha value is -0.460. The van der Waals surface area contributed by atoms with E-state index in [-0.39, 0.29) is 6.04 Å². The third-order valence-corrected chi connectivity index (χ3v) is 7.95. The summed E-state index contributed by atoms with van der Waals surface area (Å²) in [6.07, 6.45) is 0.764. The average Bonchev–Trinajstić information content (AvgIpc) is 2.88. The Kier molecular flexibility index (Phi) is 5.20. The van der Waals surface area contributed by atoms with Gasteiger partial charge < -0.3 is 0 Å². The van der Waals surface area contributed by atoms with E-state index in [1.165, 1.54) is 15.6 Å². The number of nitrogens with zero attached hydrogens (tertiary/aromatic N) is 3. The topological polar surface area (TPSA) is 64.4 Å². The van der Waals surface area contributed by atoms with Gasteiger partial charge in [-0.2, -0.15) is 9.57 Å². The molecule has 1 atom stereocenters. The predicted octanol–water partition coefficient (Wildman–Crippen LogP) is 2.12. The molecule has 2 rings (SSSR count). The molecule has 5 nitrogen and oxygen atoms in total. The highest BCUT2D eigenvalue weighted by molar-refractivity contribution is 9.10. The van der Waals surface area contributed by atoms with E-state index in [0.717, 1.165) is 6.42 Å². The SMILES string of the molecule is CCC(C#N)N1CCN(S(=O)(=O)c2sccc2Br)CC1. The normalized spacial score (nSPS) is 19.6. The molecule has 8 heteroatoms. The summed E-state index contributed by atoms with van der Waals surface area (Å²) in [5.41, 5.74) is 0. The van der Waals surface area contributed by atoms with Crippen molar-refractivity contribution in [2.24, 2.45) is 0 Å². The van der Waals surface area contributed by atoms with E-state index in [1.54, 1.807) is 11.4 Å². The number of thiophene rings is 1. The van der Waals surface area contributed by atoms with Crippen LogP contribution in [-0.4, -0.2) is 49.8 Å². The Labute approximate surface area is 132 Å². The summed E-state index contributed by atoms with van der Waals surface area (Å²) in [5.74, 6) is 0. The van der Waals surface area contributed by atoms with E-state index in [1.807, 2.05) is 6.92 Å². The van der Waals surface area contributed by atoms with E-state index in [4.69, 9.17) is 5.26 Å². The quantitative estimate of drug-likeness (QED) is 0.805. The van der Waals surface area contributed by atoms with Gasteiger partial charge in [-0.25, -0.2) is 8.42 Å². The standard InChI is InChI=1S/C12H16BrN3O2S2/c1-2-10(9-14)15-4-6-16(7-5-15)20(17,18)12-11(13)3-8-19-12/h3,8,10H,2,4-7H2,1H3. The molecule has 0 bridgehead atoms. The van der Waals surface area contributed by atoms with Crippen molar-refractivity contribution in [3.8, 4) is 6.07 Å². The van der Waals surface area contributed by atoms with Gasteiger partial charge in [-0.3, -0.25) is 4.90 Å². The smallest absolute Gasteiger partial charge is 0.253 e. The first-order valence-corrected chi connectivity index (χ1v) is 9.48. The highest BCUT2D eigenvalue weighted by atomic mass is 79.9. The molecule has 1 aliphatic heterocycles. The minimum absolute atomic E-state index is 0.117. The van der Waals surface area contributed by atoms with E-state index >= 15 is 0 Å². The number of piperazine rings is 1. The Balaban J connectivity index is 2.08. The van der Waals surface area contributed by atoms with Crippen LogP contribution in [0, 0.1) is 11.3 Å². The summed E-state index contributed by atoms with van der Waals surface area (Å²) in [6, 6.07) is 3.89. The minimum Gasteiger partial charge on any atom is -0.285 e. The third-order valence-electron chi connectivity index (χ3n) is 3.41. The fourth-order valence-corrected chi connectivity index (χ4v) is 6.14. The molecular weight excluding hydrogens is 362 g/mol. The van der Waals surface area contributed by atoms with E-state index in [2.05, 4.69) is 26.9 Å². The molecule has 1 fully saturated rings. The van der Waals surface area contributed by atoms with Crippen LogP contribution < -0.4 is 0 Å². The highest BCUT2D eigenvalue weighted by Crippen LogP contribution is 2.30. The van der Waals surface area contributed by atoms with Gasteiger partial charge in [-0.05, 0) is 33.8 Å². The van der Waals surface area contributed by atoms with Crippen LogP contribution in [0.2, 0.25) is 0 Å². The van der Waals surface area contributed by atoms with Crippen molar-refractivity contribution in [1.82, 2.24) is 9.21 Å². The van der Waals surface area contributed by atoms with E-state index in [0.29, 0.717) is 34.9 Å². The molecule has 0 radical (unpaired) electrons. The molecule has 1 aliphatic rings. The zero-order valence-corrected chi connectivity index (χ0v) is 14.3. The zero-order chi connectivity index (χ0) is 14.8. The molecule has 110 valence electrons. The molecule has 1 aromatic heterocycles. The minimum atomic E-state index is -3.42. The Morgan fingerprint density at radius 3 is 2.55 bits per heavy atom. The Morgan fingerprint density at radius 2 is 2.10 bits per heavy atom. The molecule has 0 spiro atoms. The number of nitriles is 1. The molecule has 0 saturated carbocycles. The van der Waals surface area contributed by atoms with Crippen molar-refractivity contribution in [3.63, 3.8) is 0 Å². The van der Waals surface area contributed by atoms with Crippen LogP contribution in [-0.2, 0) is 10.0 Å². The first-order chi connectivity index (χ1) is 9.50. The third kappa shape index (κ3) is 3.07. The van der Waals surface area contributed by atoms with Crippen LogP contribution >= 0.6 is 27.3 Å². The maximum atomic E-state index is 12.5. The summed E-state index contributed by atoms with van der Waals surface area (Å²) >= 11 is 4.50. The second-order valence-electron chi connectivity index (χ2n) is 4.55. The molecular formula is C12H16BrN3O2S2. The summed E-state index contributed by atoms with van der Waals surface area (Å²) in [5, 5.41) is 10.8. The molecule has 20 heavy (non-hydrogen) atoms. The van der Waals surface area contributed by atoms with Gasteiger partial charge in [-0.1, -0.05) is 6.92 Å². The number of hydrogen-bond donors (Lipinski definition) is 0. The molecule has 1 unspecified atom stereocenters. The van der Waals surface area contributed by atoms with Crippen LogP contribution in [0.3, 0.4) is 0 Å². The van der Waals surface area contributed by atoms with Crippen molar-refractivity contribution in [3.05, 3.63) is 15.9 Å². The van der Waals surface area contributed by atoms with Gasteiger partial charge in [0.2, 0.25) is 0 Å². The van der Waals surface area contributed by atoms with Crippen molar-refractivity contribution in [2.75, 3.05) is 26.2 Å². The van der Waals surface area contributed by atoms with Crippen LogP contribution in [0.25, 0.3) is 0 Å². The van der Waals surface area contributed by atoms with Gasteiger partial charge in [0.25, 0.3) is 10.0 Å². The fourth-order valence-electron chi connectivity index (χ4n) is 2.27. The van der Waals surface area contributed by atoms with Gasteiger partial charge in [-0.15, -0.1) is 11.3 Å². The maximum Gasteiger partial charge on any atom is 0.253 e. The molecule has 0 amide bonds. The van der Waals surface area contributed by atoms with Crippen LogP contribution in [0.4, 0.5) is 0 Å². The first kappa shape index (κ1) is 15.9. The lowest BCUT2D eigenvalue weighted by molar-refractivity contribution is 0.159. The number of rotatable bonds is 4. The van der Waals surface area contributed by atoms with Crippen LogP contribution in [0.1, 0.15) is 13.3 Å². The Bertz CT molecular complexity index is 600. The molecule has 0 aliphatic carbocycles. The van der Waals surface area contributed by atoms with Crippen molar-refractivity contribution < 1.29 is 8.42 Å². The fraction of sp³-hybridized carbons (Fsp3) is 0.583. The zero-order valence-electron chi connectivity index (χ0n) is 11.1. The van der Waals surface area contributed by atoms with Crippen molar-refractivity contribution >= 4 is 37.3 Å². The number of hydrogen-bond acceptors (Lipinski definition) is 5. The molecule has 0 aromatic carbocycles. The van der Waals surface area contributed by atoms with Crippen molar-refractivity contribution in [2.45, 2.75) is 23.6 Å². The Morgan fingerprint density at radius 1 is 1.45 bits per heavy atom. The second kappa shape index (κ2) is 6.54. The number of halogens is 1. The first-order valence-electron chi connectivity index (χ1n) is 6.37. The molecule has 1 saturated heterocycles. The van der Waals surface area contributed by atoms with Crippen molar-refractivity contribution in [1.29, 1.82) is 5.26 Å². The lowest BCUT2D eigenvalue weighted by Crippen LogP contribution is -2.51. The van der Waals surface area contributed by atoms with Crippen LogP contribution in [0.5, 0.6) is 0 Å². The molecule has 0 N–H and O–H groups in total. The van der Waals surface area contributed by atoms with Gasteiger partial charge in [0.1, 0.15) is 4.21 Å². The monoisotopic (exact) mass is 377 g/mol. The number of sulfonamides is 1. The van der Waals surface area contributed by atoms with Gasteiger partial charge in [0.05, 0.1) is 12.1 Å². The highest BCUT2D eigenvalue weighted by Gasteiger charge is 2.32. The summed E-state index contributed by atoms with van der Waals surface area (Å²) in [6.45, 7) is 4.05. The van der Waals surface area contributed by atoms with E-state index < -0.39 is 10.0 Å². The van der Waals surface area contributed by atoms with E-state index in [9.17, 15) is 8.42 Å². The average molecular weight is 378 g/mol. The van der Waals surface area contributed by atoms with Gasteiger partial charge in [0.15, 0.2) is 0 Å². The largest absolute Gasteiger partial charge is 0.285 e. The van der Waals surface area contributed by atoms with Crippen LogP contribution in [0.15, 0.2) is 20.1 Å². The van der Waals surface area contributed by atoms with Gasteiger partial charge in [0, 0.05) is 30.7 Å². The molecule has 2 heterocycles. The lowest BCUT2D eigenvalue weighted by Gasteiger charge is -2.35. The van der Waals surface area contributed by atoms with Gasteiger partial charge >= 0.3 is 0 Å². The summed E-state index contributed by atoms with van der Waals surface area (Å²) in [4.78, 5) is 2.05. The predicted molar refractivity (Wildman–Crippen MR) is 82.0 cm³/mol. The second-order valence-corrected chi connectivity index (χ2v) is 8.45. The summed E-state index contributed by atoms with van der Waals surface area (Å²) < 4.78 is 27.5.